The first-order valence-corrected chi connectivity index (χ1v) is 10.7. The third-order valence-electron chi connectivity index (χ3n) is 4.95. The summed E-state index contributed by atoms with van der Waals surface area (Å²) in [5, 5.41) is 27.4. The van der Waals surface area contributed by atoms with Gasteiger partial charge in [-0.05, 0) is 63.1 Å². The minimum absolute atomic E-state index is 0.0218. The first-order chi connectivity index (χ1) is 16.2. The van der Waals surface area contributed by atoms with E-state index >= 15 is 0 Å². The largest absolute Gasteiger partial charge is 0.504 e. The maximum Gasteiger partial charge on any atom is 0.240 e. The Morgan fingerprint density at radius 3 is 1.50 bits per heavy atom. The Kier molecular flexibility index (Phi) is 9.88. The lowest BCUT2D eigenvalue weighted by Gasteiger charge is -2.07. The molecule has 0 unspecified atom stereocenters. The highest BCUT2D eigenvalue weighted by Gasteiger charge is 2.08. The van der Waals surface area contributed by atoms with E-state index in [4.69, 9.17) is 9.47 Å². The Bertz CT molecular complexity index is 996. The second-order valence-electron chi connectivity index (χ2n) is 7.44. The quantitative estimate of drug-likeness (QED) is 0.226. The van der Waals surface area contributed by atoms with Crippen LogP contribution in [0.1, 0.15) is 50.7 Å². The van der Waals surface area contributed by atoms with E-state index in [9.17, 15) is 19.8 Å². The number of amides is 2. The summed E-state index contributed by atoms with van der Waals surface area (Å²) in [6, 6.07) is 9.58. The van der Waals surface area contributed by atoms with Crippen molar-refractivity contribution < 1.29 is 29.3 Å². The standard InChI is InChI=1S/C24H30N4O6/c1-15(17-9-11-19(29)21(13-17)33-3)25-27-23(31)7-5-6-8-24(32)28-26-16(2)18-10-12-20(30)22(14-18)34-4/h9-14,29-30H,5-8H2,1-4H3,(H,27,31)(H,28,32). The topological polar surface area (TPSA) is 142 Å². The van der Waals surface area contributed by atoms with Gasteiger partial charge in [-0.2, -0.15) is 10.2 Å². The van der Waals surface area contributed by atoms with Gasteiger partial charge in [-0.3, -0.25) is 9.59 Å². The zero-order chi connectivity index (χ0) is 25.1. The molecule has 0 heterocycles. The third-order valence-corrected chi connectivity index (χ3v) is 4.95. The number of aromatic hydroxyl groups is 2. The minimum Gasteiger partial charge on any atom is -0.504 e. The maximum absolute atomic E-state index is 12.0. The van der Waals surface area contributed by atoms with Crippen LogP contribution < -0.4 is 20.3 Å². The van der Waals surface area contributed by atoms with Crippen LogP contribution in [0.3, 0.4) is 0 Å². The van der Waals surface area contributed by atoms with Crippen molar-refractivity contribution in [3.05, 3.63) is 47.5 Å². The lowest BCUT2D eigenvalue weighted by atomic mass is 10.1. The molecular formula is C24H30N4O6. The molecule has 2 amide bonds. The van der Waals surface area contributed by atoms with Crippen molar-refractivity contribution in [1.82, 2.24) is 10.9 Å². The molecule has 4 N–H and O–H groups in total. The molecule has 0 saturated carbocycles. The molecule has 0 aliphatic rings. The smallest absolute Gasteiger partial charge is 0.240 e. The number of ether oxygens (including phenoxy) is 2. The molecule has 0 saturated heterocycles. The van der Waals surface area contributed by atoms with Gasteiger partial charge in [0.15, 0.2) is 23.0 Å². The van der Waals surface area contributed by atoms with Gasteiger partial charge < -0.3 is 19.7 Å². The number of nitrogens with one attached hydrogen (secondary N) is 2. The predicted octanol–water partition coefficient (Wildman–Crippen LogP) is 3.06. The van der Waals surface area contributed by atoms with Gasteiger partial charge in [0, 0.05) is 24.0 Å². The van der Waals surface area contributed by atoms with Gasteiger partial charge in [-0.1, -0.05) is 0 Å². The summed E-state index contributed by atoms with van der Waals surface area (Å²) in [4.78, 5) is 24.0. The summed E-state index contributed by atoms with van der Waals surface area (Å²) in [5.74, 6) is 0.154. The number of phenolic OH excluding ortho intramolecular Hbond substituents is 2. The van der Waals surface area contributed by atoms with Crippen LogP contribution in [0.15, 0.2) is 46.6 Å². The second kappa shape index (κ2) is 12.8. The molecule has 0 aromatic heterocycles. The molecule has 0 spiro atoms. The van der Waals surface area contributed by atoms with Gasteiger partial charge in [0.25, 0.3) is 0 Å². The maximum atomic E-state index is 12.0. The lowest BCUT2D eigenvalue weighted by Crippen LogP contribution is -2.20. The fraction of sp³-hybridized carbons (Fsp3) is 0.333. The van der Waals surface area contributed by atoms with Gasteiger partial charge in [-0.15, -0.1) is 0 Å². The van der Waals surface area contributed by atoms with Crippen molar-refractivity contribution in [2.24, 2.45) is 10.2 Å². The average molecular weight is 471 g/mol. The van der Waals surface area contributed by atoms with Crippen LogP contribution in [0.25, 0.3) is 0 Å². The molecule has 0 aliphatic heterocycles. The number of unbranched alkanes of at least 4 members (excludes halogenated alkanes) is 1. The molecule has 0 fully saturated rings. The monoisotopic (exact) mass is 470 g/mol. The van der Waals surface area contributed by atoms with Crippen molar-refractivity contribution in [3.8, 4) is 23.0 Å². The van der Waals surface area contributed by atoms with E-state index in [0.717, 1.165) is 0 Å². The van der Waals surface area contributed by atoms with Gasteiger partial charge in [0.05, 0.1) is 25.6 Å². The molecular weight excluding hydrogens is 440 g/mol. The zero-order valence-corrected chi connectivity index (χ0v) is 19.7. The van der Waals surface area contributed by atoms with Crippen molar-refractivity contribution in [3.63, 3.8) is 0 Å². The summed E-state index contributed by atoms with van der Waals surface area (Å²) < 4.78 is 10.1. The van der Waals surface area contributed by atoms with Crippen LogP contribution >= 0.6 is 0 Å². The minimum atomic E-state index is -0.263. The molecule has 2 aromatic rings. The van der Waals surface area contributed by atoms with Crippen LogP contribution in [0.5, 0.6) is 23.0 Å². The van der Waals surface area contributed by atoms with E-state index in [-0.39, 0.29) is 36.2 Å². The van der Waals surface area contributed by atoms with Crippen molar-refractivity contribution >= 4 is 23.2 Å². The Labute approximate surface area is 198 Å². The normalized spacial score (nSPS) is 11.6. The number of rotatable bonds is 11. The molecule has 0 radical (unpaired) electrons. The number of hydrogen-bond donors (Lipinski definition) is 4. The van der Waals surface area contributed by atoms with Gasteiger partial charge in [0.2, 0.25) is 11.8 Å². The third kappa shape index (κ3) is 7.80. The van der Waals surface area contributed by atoms with Crippen molar-refractivity contribution in [1.29, 1.82) is 0 Å². The second-order valence-corrected chi connectivity index (χ2v) is 7.44. The zero-order valence-electron chi connectivity index (χ0n) is 19.7. The van der Waals surface area contributed by atoms with Crippen LogP contribution in [0.4, 0.5) is 0 Å². The van der Waals surface area contributed by atoms with E-state index in [1.54, 1.807) is 38.1 Å². The Morgan fingerprint density at radius 2 is 1.15 bits per heavy atom. The number of hydrogen-bond acceptors (Lipinski definition) is 8. The van der Waals surface area contributed by atoms with E-state index in [1.807, 2.05) is 0 Å². The van der Waals surface area contributed by atoms with Crippen molar-refractivity contribution in [2.75, 3.05) is 14.2 Å². The number of hydrazone groups is 2. The summed E-state index contributed by atoms with van der Waals surface area (Å²) in [5.41, 5.74) is 7.50. The fourth-order valence-corrected chi connectivity index (χ4v) is 2.91. The number of benzene rings is 2. The van der Waals surface area contributed by atoms with E-state index in [1.165, 1.54) is 26.4 Å². The van der Waals surface area contributed by atoms with Gasteiger partial charge in [0.1, 0.15) is 0 Å². The Balaban J connectivity index is 1.73. The van der Waals surface area contributed by atoms with Crippen molar-refractivity contribution in [2.45, 2.75) is 39.5 Å². The first-order valence-electron chi connectivity index (χ1n) is 10.7. The lowest BCUT2D eigenvalue weighted by molar-refractivity contribution is -0.123. The van der Waals surface area contributed by atoms with Gasteiger partial charge >= 0.3 is 0 Å². The molecule has 182 valence electrons. The summed E-state index contributed by atoms with van der Waals surface area (Å²) >= 11 is 0. The van der Waals surface area contributed by atoms with Crippen LogP contribution in [-0.2, 0) is 9.59 Å². The SMILES string of the molecule is COc1cc(C(C)=NNC(=O)CCCCC(=O)NN=C(C)c2ccc(O)c(OC)c2)ccc1O. The van der Waals surface area contributed by atoms with E-state index in [0.29, 0.717) is 46.9 Å². The molecule has 0 aliphatic carbocycles. The highest BCUT2D eigenvalue weighted by atomic mass is 16.5. The number of methoxy groups -OCH3 is 2. The first kappa shape index (κ1) is 26.2. The fourth-order valence-electron chi connectivity index (χ4n) is 2.91. The summed E-state index contributed by atoms with van der Waals surface area (Å²) in [6.07, 6.45) is 1.47. The molecule has 2 rings (SSSR count). The number of phenols is 2. The average Bonchev–Trinajstić information content (AvgIpc) is 2.84. The van der Waals surface area contributed by atoms with Gasteiger partial charge in [-0.25, -0.2) is 10.9 Å². The highest BCUT2D eigenvalue weighted by molar-refractivity contribution is 6.00. The summed E-state index contributed by atoms with van der Waals surface area (Å²) in [6.45, 7) is 3.46. The molecule has 10 heteroatoms. The highest BCUT2D eigenvalue weighted by Crippen LogP contribution is 2.27. The van der Waals surface area contributed by atoms with Crippen LogP contribution in [-0.4, -0.2) is 47.7 Å². The number of carbonyl (C=O) groups is 2. The molecule has 34 heavy (non-hydrogen) atoms. The number of nitrogens with zero attached hydrogens (tertiary/aromatic N) is 2. The molecule has 2 aromatic carbocycles. The predicted molar refractivity (Wildman–Crippen MR) is 128 cm³/mol. The number of carbonyl (C=O) groups excluding carboxylic acids is 2. The Hall–Kier alpha value is -4.08. The summed E-state index contributed by atoms with van der Waals surface area (Å²) in [7, 11) is 2.90. The Morgan fingerprint density at radius 1 is 0.765 bits per heavy atom. The van der Waals surface area contributed by atoms with E-state index in [2.05, 4.69) is 21.1 Å². The molecule has 10 nitrogen and oxygen atoms in total. The van der Waals surface area contributed by atoms with Crippen LogP contribution in [0, 0.1) is 0 Å². The van der Waals surface area contributed by atoms with Crippen LogP contribution in [0.2, 0.25) is 0 Å². The molecule has 0 bridgehead atoms. The van der Waals surface area contributed by atoms with E-state index < -0.39 is 0 Å². The molecule has 0 atom stereocenters.